The molecule has 0 aliphatic heterocycles. The van der Waals surface area contributed by atoms with E-state index in [9.17, 15) is 14.4 Å². The third kappa shape index (κ3) is 3.66. The van der Waals surface area contributed by atoms with Crippen LogP contribution >= 0.6 is 11.8 Å². The molecule has 0 bridgehead atoms. The molecule has 0 aliphatic carbocycles. The average molecular weight is 355 g/mol. The van der Waals surface area contributed by atoms with Crippen molar-refractivity contribution < 1.29 is 9.59 Å². The fourth-order valence-electron chi connectivity index (χ4n) is 2.21. The highest BCUT2D eigenvalue weighted by atomic mass is 32.2. The Morgan fingerprint density at radius 2 is 1.92 bits per heavy atom. The van der Waals surface area contributed by atoms with Gasteiger partial charge in [0, 0.05) is 6.20 Å². The number of nitrogens with one attached hydrogen (secondary N) is 1. The van der Waals surface area contributed by atoms with Gasteiger partial charge >= 0.3 is 6.03 Å². The van der Waals surface area contributed by atoms with Crippen molar-refractivity contribution in [3.05, 3.63) is 59.0 Å². The molecule has 2 aromatic heterocycles. The van der Waals surface area contributed by atoms with Crippen LogP contribution in [0, 0.1) is 0 Å². The lowest BCUT2D eigenvalue weighted by Gasteiger charge is -2.12. The van der Waals surface area contributed by atoms with Gasteiger partial charge in [-0.15, -0.1) is 0 Å². The van der Waals surface area contributed by atoms with Gasteiger partial charge in [0.1, 0.15) is 0 Å². The van der Waals surface area contributed by atoms with Crippen LogP contribution in [0.2, 0.25) is 0 Å². The van der Waals surface area contributed by atoms with Crippen molar-refractivity contribution in [2.45, 2.75) is 5.16 Å². The summed E-state index contributed by atoms with van der Waals surface area (Å²) in [6, 6.07) is 11.3. The molecular weight excluding hydrogens is 342 g/mol. The van der Waals surface area contributed by atoms with Gasteiger partial charge in [-0.05, 0) is 24.3 Å². The zero-order valence-electron chi connectivity index (χ0n) is 12.9. The van der Waals surface area contributed by atoms with Crippen molar-refractivity contribution in [2.75, 3.05) is 5.75 Å². The van der Waals surface area contributed by atoms with E-state index in [1.54, 1.807) is 36.4 Å². The minimum Gasteiger partial charge on any atom is -0.351 e. The quantitative estimate of drug-likeness (QED) is 0.533. The zero-order chi connectivity index (χ0) is 17.8. The molecule has 1 aromatic carbocycles. The summed E-state index contributed by atoms with van der Waals surface area (Å²) < 4.78 is 1.41. The van der Waals surface area contributed by atoms with Gasteiger partial charge in [0.15, 0.2) is 10.8 Å². The summed E-state index contributed by atoms with van der Waals surface area (Å²) in [7, 11) is 0. The Morgan fingerprint density at radius 3 is 2.64 bits per heavy atom. The maximum absolute atomic E-state index is 12.9. The number of imide groups is 1. The molecule has 25 heavy (non-hydrogen) atoms. The van der Waals surface area contributed by atoms with E-state index in [4.69, 9.17) is 5.73 Å². The number of benzene rings is 1. The van der Waals surface area contributed by atoms with Gasteiger partial charge in [-0.25, -0.2) is 14.8 Å². The molecule has 3 amide bonds. The second-order valence-electron chi connectivity index (χ2n) is 4.95. The van der Waals surface area contributed by atoms with Crippen LogP contribution in [0.15, 0.2) is 58.6 Å². The maximum atomic E-state index is 12.9. The molecule has 8 nitrogen and oxygen atoms in total. The second-order valence-corrected chi connectivity index (χ2v) is 5.89. The van der Waals surface area contributed by atoms with Gasteiger partial charge in [-0.1, -0.05) is 30.0 Å². The number of hydrogen-bond donors (Lipinski definition) is 2. The van der Waals surface area contributed by atoms with E-state index >= 15 is 0 Å². The highest BCUT2D eigenvalue weighted by molar-refractivity contribution is 7.99. The number of aromatic nitrogens is 3. The van der Waals surface area contributed by atoms with E-state index in [2.05, 4.69) is 9.97 Å². The van der Waals surface area contributed by atoms with E-state index in [1.807, 2.05) is 11.4 Å². The molecule has 0 radical (unpaired) electrons. The SMILES string of the molecule is NC(=O)NC(=O)CSc1nc2ncccc2c(=O)n1-c1ccccc1. The Balaban J connectivity index is 2.08. The molecule has 0 spiro atoms. The first kappa shape index (κ1) is 16.7. The van der Waals surface area contributed by atoms with Crippen molar-refractivity contribution >= 4 is 34.7 Å². The average Bonchev–Trinajstić information content (AvgIpc) is 2.60. The predicted octanol–water partition coefficient (Wildman–Crippen LogP) is 1.07. The second kappa shape index (κ2) is 7.14. The number of nitrogens with zero attached hydrogens (tertiary/aromatic N) is 3. The third-order valence-corrected chi connectivity index (χ3v) is 4.16. The zero-order valence-corrected chi connectivity index (χ0v) is 13.7. The smallest absolute Gasteiger partial charge is 0.318 e. The number of nitrogens with two attached hydrogens (primary N) is 1. The summed E-state index contributed by atoms with van der Waals surface area (Å²) in [6.07, 6.45) is 1.54. The summed E-state index contributed by atoms with van der Waals surface area (Å²) in [5, 5.41) is 2.64. The molecule has 3 aromatic rings. The number of hydrogen-bond acceptors (Lipinski definition) is 6. The first-order chi connectivity index (χ1) is 12.1. The van der Waals surface area contributed by atoms with Crippen LogP contribution in [0.3, 0.4) is 0 Å². The molecular formula is C16H13N5O3S. The maximum Gasteiger partial charge on any atom is 0.318 e. The first-order valence-electron chi connectivity index (χ1n) is 7.21. The van der Waals surface area contributed by atoms with E-state index in [1.165, 1.54) is 10.8 Å². The number of rotatable bonds is 4. The van der Waals surface area contributed by atoms with Gasteiger partial charge in [-0.3, -0.25) is 19.5 Å². The van der Waals surface area contributed by atoms with Crippen LogP contribution in [-0.4, -0.2) is 32.2 Å². The van der Waals surface area contributed by atoms with Crippen LogP contribution in [0.1, 0.15) is 0 Å². The summed E-state index contributed by atoms with van der Waals surface area (Å²) in [5.41, 5.74) is 5.53. The lowest BCUT2D eigenvalue weighted by atomic mass is 10.3. The number of urea groups is 1. The summed E-state index contributed by atoms with van der Waals surface area (Å²) in [5.74, 6) is -0.701. The van der Waals surface area contributed by atoms with E-state index in [-0.39, 0.29) is 17.0 Å². The van der Waals surface area contributed by atoms with E-state index in [0.717, 1.165) is 11.8 Å². The highest BCUT2D eigenvalue weighted by Gasteiger charge is 2.15. The van der Waals surface area contributed by atoms with Gasteiger partial charge < -0.3 is 5.73 Å². The first-order valence-corrected chi connectivity index (χ1v) is 8.20. The number of fused-ring (bicyclic) bond motifs is 1. The Kier molecular flexibility index (Phi) is 4.75. The third-order valence-electron chi connectivity index (χ3n) is 3.22. The van der Waals surface area contributed by atoms with Crippen LogP contribution in [0.4, 0.5) is 4.79 Å². The highest BCUT2D eigenvalue weighted by Crippen LogP contribution is 2.20. The largest absolute Gasteiger partial charge is 0.351 e. The standard InChI is InChI=1S/C16H13N5O3S/c17-15(24)19-12(22)9-25-16-20-13-11(7-4-8-18-13)14(23)21(16)10-5-2-1-3-6-10/h1-8H,9H2,(H3,17,19,22,24). The summed E-state index contributed by atoms with van der Waals surface area (Å²) >= 11 is 1.01. The van der Waals surface area contributed by atoms with E-state index in [0.29, 0.717) is 16.2 Å². The lowest BCUT2D eigenvalue weighted by molar-refractivity contribution is -0.117. The van der Waals surface area contributed by atoms with Crippen molar-refractivity contribution in [2.24, 2.45) is 5.73 Å². The van der Waals surface area contributed by atoms with Gasteiger partial charge in [-0.2, -0.15) is 0 Å². The number of amides is 3. The Labute approximate surface area is 146 Å². The normalized spacial score (nSPS) is 10.6. The Morgan fingerprint density at radius 1 is 1.16 bits per heavy atom. The number of para-hydroxylation sites is 1. The van der Waals surface area contributed by atoms with Gasteiger partial charge in [0.2, 0.25) is 5.91 Å². The molecule has 0 atom stereocenters. The molecule has 2 heterocycles. The number of thioether (sulfide) groups is 1. The van der Waals surface area contributed by atoms with Crippen molar-refractivity contribution in [1.29, 1.82) is 0 Å². The van der Waals surface area contributed by atoms with Crippen molar-refractivity contribution in [3.8, 4) is 5.69 Å². The molecule has 9 heteroatoms. The van der Waals surface area contributed by atoms with Crippen LogP contribution < -0.4 is 16.6 Å². The fraction of sp³-hybridized carbons (Fsp3) is 0.0625. The minimum absolute atomic E-state index is 0.124. The predicted molar refractivity (Wildman–Crippen MR) is 93.6 cm³/mol. The number of pyridine rings is 1. The number of primary amides is 1. The van der Waals surface area contributed by atoms with Crippen LogP contribution in [0.5, 0.6) is 0 Å². The Bertz CT molecular complexity index is 1000. The molecule has 0 saturated carbocycles. The van der Waals surface area contributed by atoms with Crippen LogP contribution in [-0.2, 0) is 4.79 Å². The molecule has 0 saturated heterocycles. The minimum atomic E-state index is -0.931. The number of carbonyl (C=O) groups excluding carboxylic acids is 2. The molecule has 3 N–H and O–H groups in total. The van der Waals surface area contributed by atoms with Crippen LogP contribution in [0.25, 0.3) is 16.7 Å². The Hall–Kier alpha value is -3.20. The molecule has 0 fully saturated rings. The lowest BCUT2D eigenvalue weighted by Crippen LogP contribution is -2.36. The van der Waals surface area contributed by atoms with Gasteiger partial charge in [0.25, 0.3) is 5.56 Å². The summed E-state index contributed by atoms with van der Waals surface area (Å²) in [6.45, 7) is 0. The topological polar surface area (TPSA) is 120 Å². The fourth-order valence-corrected chi connectivity index (χ4v) is 3.01. The van der Waals surface area contributed by atoms with Crippen molar-refractivity contribution in [1.82, 2.24) is 19.9 Å². The molecule has 126 valence electrons. The number of carbonyl (C=O) groups is 2. The van der Waals surface area contributed by atoms with E-state index < -0.39 is 11.9 Å². The monoisotopic (exact) mass is 355 g/mol. The molecule has 0 unspecified atom stereocenters. The van der Waals surface area contributed by atoms with Crippen molar-refractivity contribution in [3.63, 3.8) is 0 Å². The summed E-state index contributed by atoms with van der Waals surface area (Å²) in [4.78, 5) is 43.7. The molecule has 3 rings (SSSR count). The van der Waals surface area contributed by atoms with Gasteiger partial charge in [0.05, 0.1) is 16.8 Å². The molecule has 0 aliphatic rings.